The summed E-state index contributed by atoms with van der Waals surface area (Å²) in [6, 6.07) is 8.13. The van der Waals surface area contributed by atoms with Gasteiger partial charge in [-0.15, -0.1) is 11.3 Å². The normalized spacial score (nSPS) is 15.8. The number of amides is 1. The average Bonchev–Trinajstić information content (AvgIpc) is 2.97. The molecule has 0 unspecified atom stereocenters. The topological polar surface area (TPSA) is 65.4 Å². The lowest BCUT2D eigenvalue weighted by molar-refractivity contribution is -0.117. The molecule has 1 heterocycles. The summed E-state index contributed by atoms with van der Waals surface area (Å²) in [6.45, 7) is 3.05. The first-order valence-electron chi connectivity index (χ1n) is 9.26. The maximum absolute atomic E-state index is 12.6. The molecule has 2 aromatic rings. The van der Waals surface area contributed by atoms with Gasteiger partial charge in [0.05, 0.1) is 19.2 Å². The van der Waals surface area contributed by atoms with Gasteiger partial charge in [-0.1, -0.05) is 22.9 Å². The van der Waals surface area contributed by atoms with E-state index in [1.165, 1.54) is 4.88 Å². The minimum absolute atomic E-state index is 0.111. The molecule has 1 aliphatic carbocycles. The van der Waals surface area contributed by atoms with Gasteiger partial charge in [0.1, 0.15) is 16.8 Å². The van der Waals surface area contributed by atoms with E-state index in [2.05, 4.69) is 34.2 Å². The van der Waals surface area contributed by atoms with E-state index in [0.717, 1.165) is 40.6 Å². The van der Waals surface area contributed by atoms with Crippen LogP contribution in [0.15, 0.2) is 22.7 Å². The Balaban J connectivity index is 1.66. The Labute approximate surface area is 178 Å². The molecule has 0 bridgehead atoms. The summed E-state index contributed by atoms with van der Waals surface area (Å²) >= 11 is 5.03. The predicted molar refractivity (Wildman–Crippen MR) is 116 cm³/mol. The van der Waals surface area contributed by atoms with Crippen LogP contribution in [0.4, 0.5) is 5.00 Å². The van der Waals surface area contributed by atoms with Gasteiger partial charge in [-0.25, -0.2) is 0 Å². The molecular formula is C21H24BrN3O2S. The van der Waals surface area contributed by atoms with Crippen LogP contribution in [0.1, 0.15) is 34.9 Å². The van der Waals surface area contributed by atoms with E-state index in [1.807, 2.05) is 30.1 Å². The maximum Gasteiger partial charge on any atom is 0.239 e. The van der Waals surface area contributed by atoms with Gasteiger partial charge in [-0.05, 0) is 56.0 Å². The van der Waals surface area contributed by atoms with Crippen LogP contribution in [0.25, 0.3) is 0 Å². The number of nitriles is 1. The number of hydrogen-bond acceptors (Lipinski definition) is 5. The fourth-order valence-electron chi connectivity index (χ4n) is 3.59. The van der Waals surface area contributed by atoms with Crippen molar-refractivity contribution in [3.63, 3.8) is 0 Å². The number of rotatable bonds is 6. The van der Waals surface area contributed by atoms with Crippen LogP contribution in [0.5, 0.6) is 5.75 Å². The van der Waals surface area contributed by atoms with E-state index in [9.17, 15) is 10.1 Å². The number of likely N-dealkylation sites (N-methyl/N-ethyl adjacent to an activating group) is 1. The summed E-state index contributed by atoms with van der Waals surface area (Å²) in [5, 5.41) is 13.2. The Bertz CT molecular complexity index is 919. The molecule has 0 radical (unpaired) electrons. The highest BCUT2D eigenvalue weighted by Crippen LogP contribution is 2.39. The molecule has 1 atom stereocenters. The molecule has 7 heteroatoms. The molecule has 1 aromatic heterocycles. The van der Waals surface area contributed by atoms with Crippen LogP contribution in [0.3, 0.4) is 0 Å². The Morgan fingerprint density at radius 2 is 2.29 bits per heavy atom. The van der Waals surface area contributed by atoms with E-state index in [1.54, 1.807) is 18.4 Å². The molecular weight excluding hydrogens is 438 g/mol. The van der Waals surface area contributed by atoms with Gasteiger partial charge in [-0.3, -0.25) is 9.69 Å². The smallest absolute Gasteiger partial charge is 0.239 e. The van der Waals surface area contributed by atoms with Crippen LogP contribution in [0.2, 0.25) is 0 Å². The maximum atomic E-state index is 12.6. The summed E-state index contributed by atoms with van der Waals surface area (Å²) in [4.78, 5) is 15.8. The largest absolute Gasteiger partial charge is 0.496 e. The highest BCUT2D eigenvalue weighted by molar-refractivity contribution is 9.10. The first kappa shape index (κ1) is 20.8. The molecule has 0 aliphatic heterocycles. The fourth-order valence-corrected chi connectivity index (χ4v) is 5.37. The summed E-state index contributed by atoms with van der Waals surface area (Å²) < 4.78 is 6.38. The monoisotopic (exact) mass is 461 g/mol. The number of methoxy groups -OCH3 is 1. The van der Waals surface area contributed by atoms with Gasteiger partial charge in [-0.2, -0.15) is 5.26 Å². The molecule has 1 aromatic carbocycles. The van der Waals surface area contributed by atoms with Gasteiger partial charge in [0, 0.05) is 21.5 Å². The first-order chi connectivity index (χ1) is 13.4. The molecule has 0 saturated heterocycles. The summed E-state index contributed by atoms with van der Waals surface area (Å²) in [7, 11) is 3.54. The minimum atomic E-state index is -0.111. The molecule has 28 heavy (non-hydrogen) atoms. The van der Waals surface area contributed by atoms with Gasteiger partial charge >= 0.3 is 0 Å². The van der Waals surface area contributed by atoms with Gasteiger partial charge in [0.2, 0.25) is 5.91 Å². The molecule has 0 spiro atoms. The highest BCUT2D eigenvalue weighted by Gasteiger charge is 2.24. The van der Waals surface area contributed by atoms with Crippen molar-refractivity contribution in [2.45, 2.75) is 32.7 Å². The summed E-state index contributed by atoms with van der Waals surface area (Å²) in [5.41, 5.74) is 2.79. The quantitative estimate of drug-likeness (QED) is 0.682. The van der Waals surface area contributed by atoms with Crippen molar-refractivity contribution in [2.75, 3.05) is 26.0 Å². The lowest BCUT2D eigenvalue weighted by Crippen LogP contribution is -2.30. The third-order valence-electron chi connectivity index (χ3n) is 4.97. The molecule has 1 aliphatic rings. The molecule has 0 fully saturated rings. The average molecular weight is 462 g/mol. The third-order valence-corrected chi connectivity index (χ3v) is 6.64. The second-order valence-corrected chi connectivity index (χ2v) is 9.37. The highest BCUT2D eigenvalue weighted by atomic mass is 79.9. The second kappa shape index (κ2) is 9.08. The molecule has 148 valence electrons. The Morgan fingerprint density at radius 3 is 3.00 bits per heavy atom. The van der Waals surface area contributed by atoms with Crippen molar-refractivity contribution in [2.24, 2.45) is 5.92 Å². The number of hydrogen-bond donors (Lipinski definition) is 1. The number of carbonyl (C=O) groups is 1. The number of ether oxygens (including phenoxy) is 1. The van der Waals surface area contributed by atoms with Crippen LogP contribution in [0, 0.1) is 17.2 Å². The molecule has 1 amide bonds. The van der Waals surface area contributed by atoms with Crippen molar-refractivity contribution in [3.05, 3.63) is 44.2 Å². The minimum Gasteiger partial charge on any atom is -0.496 e. The van der Waals surface area contributed by atoms with E-state index in [0.29, 0.717) is 23.0 Å². The number of nitrogens with zero attached hydrogens (tertiary/aromatic N) is 2. The van der Waals surface area contributed by atoms with E-state index >= 15 is 0 Å². The summed E-state index contributed by atoms with van der Waals surface area (Å²) in [5.74, 6) is 1.31. The number of carbonyl (C=O) groups excluding carboxylic acids is 1. The Morgan fingerprint density at radius 1 is 1.50 bits per heavy atom. The van der Waals surface area contributed by atoms with Crippen LogP contribution in [-0.2, 0) is 24.2 Å². The summed E-state index contributed by atoms with van der Waals surface area (Å²) in [6.07, 6.45) is 3.02. The number of halogens is 1. The van der Waals surface area contributed by atoms with Crippen LogP contribution < -0.4 is 10.1 Å². The van der Waals surface area contributed by atoms with Crippen LogP contribution >= 0.6 is 27.3 Å². The standard InChI is InChI=1S/C21H24BrN3O2S/c1-13-4-6-16-17(10-23)21(28-19(16)8-13)24-20(26)12-25(2)11-14-9-15(22)5-7-18(14)27-3/h5,7,9,13H,4,6,8,11-12H2,1-3H3,(H,24,26)/t13-/m0/s1. The van der Waals surface area contributed by atoms with E-state index in [4.69, 9.17) is 4.74 Å². The third kappa shape index (κ3) is 4.75. The molecule has 1 N–H and O–H groups in total. The molecule has 0 saturated carbocycles. The molecule has 3 rings (SSSR count). The van der Waals surface area contributed by atoms with Crippen molar-refractivity contribution < 1.29 is 9.53 Å². The van der Waals surface area contributed by atoms with Crippen molar-refractivity contribution in [3.8, 4) is 11.8 Å². The van der Waals surface area contributed by atoms with E-state index in [-0.39, 0.29) is 12.5 Å². The number of benzene rings is 1. The van der Waals surface area contributed by atoms with Crippen molar-refractivity contribution in [1.29, 1.82) is 5.26 Å². The lowest BCUT2D eigenvalue weighted by Gasteiger charge is -2.18. The van der Waals surface area contributed by atoms with Crippen molar-refractivity contribution in [1.82, 2.24) is 4.90 Å². The number of nitrogens with one attached hydrogen (secondary N) is 1. The fraction of sp³-hybridized carbons (Fsp3) is 0.429. The Hall–Kier alpha value is -1.88. The number of thiophene rings is 1. The number of fused-ring (bicyclic) bond motifs is 1. The van der Waals surface area contributed by atoms with Crippen molar-refractivity contribution >= 4 is 38.2 Å². The second-order valence-electron chi connectivity index (χ2n) is 7.34. The number of anilines is 1. The van der Waals surface area contributed by atoms with Gasteiger partial charge < -0.3 is 10.1 Å². The van der Waals surface area contributed by atoms with Gasteiger partial charge in [0.25, 0.3) is 0 Å². The van der Waals surface area contributed by atoms with E-state index < -0.39 is 0 Å². The van der Waals surface area contributed by atoms with Gasteiger partial charge in [0.15, 0.2) is 0 Å². The zero-order chi connectivity index (χ0) is 20.3. The Kier molecular flexibility index (Phi) is 6.76. The molecule has 5 nitrogen and oxygen atoms in total. The predicted octanol–water partition coefficient (Wildman–Crippen LogP) is 4.59. The lowest BCUT2D eigenvalue weighted by atomic mass is 9.89. The zero-order valence-corrected chi connectivity index (χ0v) is 18.7. The SMILES string of the molecule is COc1ccc(Br)cc1CN(C)CC(=O)Nc1sc2c(c1C#N)CC[C@H](C)C2. The van der Waals surface area contributed by atoms with Crippen LogP contribution in [-0.4, -0.2) is 31.5 Å². The first-order valence-corrected chi connectivity index (χ1v) is 10.9. The zero-order valence-electron chi connectivity index (χ0n) is 16.3.